The minimum absolute atomic E-state index is 0.0391. The molecule has 20 heavy (non-hydrogen) atoms. The molecule has 6 nitrogen and oxygen atoms in total. The standard InChI is InChI=1S/C14H19N3O3/c1-9(2)12-14(19)16-7-3-4-11(16)13(18)17(12)8-10-5-6-15-20-10/h5-6,9,11-12H,3-4,7-8H2,1-2H3. The molecule has 2 saturated heterocycles. The minimum Gasteiger partial charge on any atom is -0.360 e. The maximum absolute atomic E-state index is 12.7. The Morgan fingerprint density at radius 3 is 2.85 bits per heavy atom. The molecule has 2 aliphatic rings. The Kier molecular flexibility index (Phi) is 3.23. The molecule has 2 aliphatic heterocycles. The normalized spacial score (nSPS) is 26.6. The molecule has 1 aromatic rings. The molecule has 0 N–H and O–H groups in total. The second-order valence-corrected chi connectivity index (χ2v) is 5.82. The van der Waals surface area contributed by atoms with E-state index < -0.39 is 6.04 Å². The van der Waals surface area contributed by atoms with Crippen LogP contribution in [0.2, 0.25) is 0 Å². The van der Waals surface area contributed by atoms with Crippen LogP contribution in [0.15, 0.2) is 16.8 Å². The third-order valence-corrected chi connectivity index (χ3v) is 4.14. The van der Waals surface area contributed by atoms with Crippen molar-refractivity contribution in [3.05, 3.63) is 18.0 Å². The van der Waals surface area contributed by atoms with Crippen molar-refractivity contribution >= 4 is 11.8 Å². The summed E-state index contributed by atoms with van der Waals surface area (Å²) in [4.78, 5) is 28.7. The molecular formula is C14H19N3O3. The maximum Gasteiger partial charge on any atom is 0.246 e. The highest BCUT2D eigenvalue weighted by Crippen LogP contribution is 2.30. The van der Waals surface area contributed by atoms with Crippen molar-refractivity contribution in [2.24, 2.45) is 5.92 Å². The number of aromatic nitrogens is 1. The Hall–Kier alpha value is -1.85. The molecule has 0 saturated carbocycles. The van der Waals surface area contributed by atoms with E-state index in [1.54, 1.807) is 22.1 Å². The molecule has 2 unspecified atom stereocenters. The summed E-state index contributed by atoms with van der Waals surface area (Å²) in [5.41, 5.74) is 0. The van der Waals surface area contributed by atoms with Gasteiger partial charge in [0, 0.05) is 12.6 Å². The zero-order chi connectivity index (χ0) is 14.3. The van der Waals surface area contributed by atoms with Crippen molar-refractivity contribution in [1.82, 2.24) is 15.0 Å². The lowest BCUT2D eigenvalue weighted by Crippen LogP contribution is -2.63. The number of fused-ring (bicyclic) bond motifs is 1. The summed E-state index contributed by atoms with van der Waals surface area (Å²) in [5, 5.41) is 3.66. The van der Waals surface area contributed by atoms with Crippen molar-refractivity contribution in [2.75, 3.05) is 6.54 Å². The van der Waals surface area contributed by atoms with Gasteiger partial charge < -0.3 is 14.3 Å². The van der Waals surface area contributed by atoms with E-state index in [9.17, 15) is 9.59 Å². The number of rotatable bonds is 3. The van der Waals surface area contributed by atoms with Gasteiger partial charge in [-0.2, -0.15) is 0 Å². The van der Waals surface area contributed by atoms with Crippen LogP contribution in [0, 0.1) is 5.92 Å². The molecule has 3 heterocycles. The van der Waals surface area contributed by atoms with Crippen molar-refractivity contribution in [3.63, 3.8) is 0 Å². The summed E-state index contributed by atoms with van der Waals surface area (Å²) in [5.74, 6) is 0.804. The van der Waals surface area contributed by atoms with Crippen LogP contribution < -0.4 is 0 Å². The van der Waals surface area contributed by atoms with E-state index in [2.05, 4.69) is 5.16 Å². The molecule has 3 rings (SSSR count). The van der Waals surface area contributed by atoms with Gasteiger partial charge in [-0.15, -0.1) is 0 Å². The smallest absolute Gasteiger partial charge is 0.246 e. The van der Waals surface area contributed by atoms with Crippen molar-refractivity contribution in [2.45, 2.75) is 45.3 Å². The first-order valence-corrected chi connectivity index (χ1v) is 7.10. The molecule has 0 radical (unpaired) electrons. The number of amides is 2. The van der Waals surface area contributed by atoms with Gasteiger partial charge in [-0.3, -0.25) is 9.59 Å². The highest BCUT2D eigenvalue weighted by molar-refractivity contribution is 5.97. The summed E-state index contributed by atoms with van der Waals surface area (Å²) in [6, 6.07) is 1.05. The van der Waals surface area contributed by atoms with E-state index in [-0.39, 0.29) is 23.8 Å². The highest BCUT2D eigenvalue weighted by Gasteiger charge is 2.48. The van der Waals surface area contributed by atoms with Crippen molar-refractivity contribution in [3.8, 4) is 0 Å². The van der Waals surface area contributed by atoms with Crippen LogP contribution in [0.3, 0.4) is 0 Å². The lowest BCUT2D eigenvalue weighted by molar-refractivity contribution is -0.162. The lowest BCUT2D eigenvalue weighted by Gasteiger charge is -2.43. The molecule has 6 heteroatoms. The summed E-state index contributed by atoms with van der Waals surface area (Å²) in [6.45, 7) is 4.96. The number of hydrogen-bond donors (Lipinski definition) is 0. The molecule has 2 amide bonds. The van der Waals surface area contributed by atoms with Gasteiger partial charge >= 0.3 is 0 Å². The summed E-state index contributed by atoms with van der Waals surface area (Å²) < 4.78 is 5.09. The van der Waals surface area contributed by atoms with Crippen LogP contribution in [-0.4, -0.2) is 45.4 Å². The fourth-order valence-electron chi connectivity index (χ4n) is 3.23. The summed E-state index contributed by atoms with van der Waals surface area (Å²) in [7, 11) is 0. The second-order valence-electron chi connectivity index (χ2n) is 5.82. The first kappa shape index (κ1) is 13.1. The Balaban J connectivity index is 1.91. The van der Waals surface area contributed by atoms with Crippen LogP contribution in [0.4, 0.5) is 0 Å². The Bertz CT molecular complexity index is 512. The number of carbonyl (C=O) groups is 2. The Morgan fingerprint density at radius 2 is 2.20 bits per heavy atom. The topological polar surface area (TPSA) is 66.7 Å². The monoisotopic (exact) mass is 277 g/mol. The van der Waals surface area contributed by atoms with Gasteiger partial charge in [0.05, 0.1) is 12.7 Å². The first-order chi connectivity index (χ1) is 9.59. The van der Waals surface area contributed by atoms with E-state index in [4.69, 9.17) is 4.52 Å². The molecule has 1 aromatic heterocycles. The molecule has 2 fully saturated rings. The van der Waals surface area contributed by atoms with Crippen LogP contribution >= 0.6 is 0 Å². The predicted octanol–water partition coefficient (Wildman–Crippen LogP) is 1.03. The molecular weight excluding hydrogens is 258 g/mol. The average Bonchev–Trinajstić information content (AvgIpc) is 3.06. The van der Waals surface area contributed by atoms with Gasteiger partial charge in [0.15, 0.2) is 5.76 Å². The first-order valence-electron chi connectivity index (χ1n) is 7.10. The van der Waals surface area contributed by atoms with E-state index in [1.165, 1.54) is 0 Å². The number of hydrogen-bond acceptors (Lipinski definition) is 4. The van der Waals surface area contributed by atoms with Gasteiger partial charge in [-0.05, 0) is 18.8 Å². The predicted molar refractivity (Wildman–Crippen MR) is 70.4 cm³/mol. The third kappa shape index (κ3) is 1.99. The molecule has 0 aliphatic carbocycles. The van der Waals surface area contributed by atoms with E-state index in [0.717, 1.165) is 12.8 Å². The SMILES string of the molecule is CC(C)C1C(=O)N2CCCC2C(=O)N1Cc1ccno1. The fraction of sp³-hybridized carbons (Fsp3) is 0.643. The minimum atomic E-state index is -0.401. The van der Waals surface area contributed by atoms with Gasteiger partial charge in [0.2, 0.25) is 11.8 Å². The largest absolute Gasteiger partial charge is 0.360 e. The molecule has 0 bridgehead atoms. The number of piperazine rings is 1. The van der Waals surface area contributed by atoms with Gasteiger partial charge in [0.1, 0.15) is 12.1 Å². The van der Waals surface area contributed by atoms with E-state index in [1.807, 2.05) is 13.8 Å². The molecule has 0 spiro atoms. The third-order valence-electron chi connectivity index (χ3n) is 4.14. The second kappa shape index (κ2) is 4.92. The van der Waals surface area contributed by atoms with Gasteiger partial charge in [-0.1, -0.05) is 19.0 Å². The van der Waals surface area contributed by atoms with Gasteiger partial charge in [-0.25, -0.2) is 0 Å². The summed E-state index contributed by atoms with van der Waals surface area (Å²) >= 11 is 0. The Morgan fingerprint density at radius 1 is 1.40 bits per heavy atom. The Labute approximate surface area is 117 Å². The maximum atomic E-state index is 12.7. The molecule has 108 valence electrons. The quantitative estimate of drug-likeness (QED) is 0.827. The fourth-order valence-corrected chi connectivity index (χ4v) is 3.23. The zero-order valence-corrected chi connectivity index (χ0v) is 11.8. The van der Waals surface area contributed by atoms with E-state index in [0.29, 0.717) is 18.8 Å². The van der Waals surface area contributed by atoms with Crippen molar-refractivity contribution in [1.29, 1.82) is 0 Å². The lowest BCUT2D eigenvalue weighted by atomic mass is 9.96. The van der Waals surface area contributed by atoms with Crippen LogP contribution in [-0.2, 0) is 16.1 Å². The summed E-state index contributed by atoms with van der Waals surface area (Å²) in [6.07, 6.45) is 3.23. The van der Waals surface area contributed by atoms with E-state index >= 15 is 0 Å². The highest BCUT2D eigenvalue weighted by atomic mass is 16.5. The number of nitrogens with zero attached hydrogens (tertiary/aromatic N) is 3. The average molecular weight is 277 g/mol. The van der Waals surface area contributed by atoms with Gasteiger partial charge in [0.25, 0.3) is 0 Å². The van der Waals surface area contributed by atoms with Crippen molar-refractivity contribution < 1.29 is 14.1 Å². The molecule has 2 atom stereocenters. The van der Waals surface area contributed by atoms with Crippen LogP contribution in [0.5, 0.6) is 0 Å². The van der Waals surface area contributed by atoms with Crippen LogP contribution in [0.25, 0.3) is 0 Å². The van der Waals surface area contributed by atoms with Crippen LogP contribution in [0.1, 0.15) is 32.4 Å². The molecule has 0 aromatic carbocycles. The zero-order valence-electron chi connectivity index (χ0n) is 11.8. The number of carbonyl (C=O) groups excluding carboxylic acids is 2.